The predicted molar refractivity (Wildman–Crippen MR) is 198 cm³/mol. The minimum Gasteiger partial charge on any atom is -0.507 e. The van der Waals surface area contributed by atoms with Crippen LogP contribution in [-0.2, 0) is 22.4 Å². The number of carbonyl (C=O) groups excluding carboxylic acids is 4. The van der Waals surface area contributed by atoms with Gasteiger partial charge in [-0.1, -0.05) is 123 Å². The van der Waals surface area contributed by atoms with Crippen molar-refractivity contribution < 1.29 is 29.4 Å². The number of benzene rings is 2. The molecule has 0 fully saturated rings. The van der Waals surface area contributed by atoms with Gasteiger partial charge in [-0.3, -0.25) is 40.9 Å². The lowest BCUT2D eigenvalue weighted by Gasteiger charge is -2.22. The third-order valence-electron chi connectivity index (χ3n) is 9.39. The van der Waals surface area contributed by atoms with E-state index in [4.69, 9.17) is 0 Å². The van der Waals surface area contributed by atoms with Crippen LogP contribution in [-0.4, -0.2) is 33.8 Å². The Kier molecular flexibility index (Phi) is 20.3. The van der Waals surface area contributed by atoms with E-state index in [2.05, 4.69) is 42.5 Å². The summed E-state index contributed by atoms with van der Waals surface area (Å²) in [6.45, 7) is 8.22. The summed E-state index contributed by atoms with van der Waals surface area (Å²) in [5.41, 5.74) is 11.4. The minimum absolute atomic E-state index is 0.0820. The summed E-state index contributed by atoms with van der Waals surface area (Å²) in [6.07, 6.45) is 16.0. The number of para-hydroxylation sites is 2. The number of nitrogens with one attached hydrogen (secondary N) is 4. The van der Waals surface area contributed by atoms with Gasteiger partial charge in [0.2, 0.25) is 11.8 Å². The summed E-state index contributed by atoms with van der Waals surface area (Å²) in [4.78, 5) is 52.5. The number of carbonyl (C=O) groups is 4. The number of unbranched alkanes of at least 4 members (excludes halogenated alkanes) is 10. The molecule has 0 radical (unpaired) electrons. The van der Waals surface area contributed by atoms with E-state index in [0.717, 1.165) is 70.6 Å². The zero-order valence-electron chi connectivity index (χ0n) is 30.9. The molecule has 0 aliphatic carbocycles. The van der Waals surface area contributed by atoms with E-state index in [9.17, 15) is 29.4 Å². The number of hydrogen-bond acceptors (Lipinski definition) is 6. The lowest BCUT2D eigenvalue weighted by atomic mass is 9.88. The molecular weight excluding hydrogens is 632 g/mol. The van der Waals surface area contributed by atoms with Crippen LogP contribution in [0.2, 0.25) is 0 Å². The molecule has 2 rings (SSSR count). The second kappa shape index (κ2) is 24.1. The monoisotopic (exact) mass is 694 g/mol. The van der Waals surface area contributed by atoms with Crippen LogP contribution in [0.3, 0.4) is 0 Å². The fraction of sp³-hybridized carbons (Fsp3) is 0.600. The predicted octanol–water partition coefficient (Wildman–Crippen LogP) is 7.96. The minimum atomic E-state index is -0.623. The maximum atomic E-state index is 13.4. The molecule has 10 nitrogen and oxygen atoms in total. The number of aromatic hydroxyl groups is 2. The van der Waals surface area contributed by atoms with Gasteiger partial charge in [-0.05, 0) is 68.2 Å². The van der Waals surface area contributed by atoms with Crippen LogP contribution in [0.4, 0.5) is 0 Å². The molecule has 6 N–H and O–H groups in total. The van der Waals surface area contributed by atoms with E-state index in [-0.39, 0.29) is 29.0 Å². The Morgan fingerprint density at radius 3 is 1.40 bits per heavy atom. The van der Waals surface area contributed by atoms with E-state index in [1.807, 2.05) is 13.0 Å². The van der Waals surface area contributed by atoms with Gasteiger partial charge in [0.05, 0.1) is 11.1 Å². The lowest BCUT2D eigenvalue weighted by molar-refractivity contribution is -0.129. The molecular formula is C40H62N4O6. The van der Waals surface area contributed by atoms with Crippen LogP contribution in [0.15, 0.2) is 36.4 Å². The van der Waals surface area contributed by atoms with E-state index in [1.54, 1.807) is 18.2 Å². The summed E-state index contributed by atoms with van der Waals surface area (Å²) in [7, 11) is 0. The van der Waals surface area contributed by atoms with Crippen molar-refractivity contribution in [1.82, 2.24) is 21.7 Å². The van der Waals surface area contributed by atoms with Crippen molar-refractivity contribution >= 4 is 23.6 Å². The Labute approximate surface area is 299 Å². The molecule has 0 aliphatic heterocycles. The van der Waals surface area contributed by atoms with Crippen LogP contribution < -0.4 is 21.7 Å². The maximum Gasteiger partial charge on any atom is 0.273 e. The number of aryl methyl sites for hydroxylation is 2. The molecule has 10 heteroatoms. The molecule has 2 atom stereocenters. The molecule has 0 aliphatic rings. The average molecular weight is 695 g/mol. The Bertz CT molecular complexity index is 1350. The van der Waals surface area contributed by atoms with Gasteiger partial charge in [-0.15, -0.1) is 0 Å². The van der Waals surface area contributed by atoms with Gasteiger partial charge in [0.25, 0.3) is 11.8 Å². The van der Waals surface area contributed by atoms with Crippen LogP contribution in [0.1, 0.15) is 162 Å². The number of phenols is 2. The fourth-order valence-corrected chi connectivity index (χ4v) is 6.17. The number of hydrogen-bond donors (Lipinski definition) is 6. The summed E-state index contributed by atoms with van der Waals surface area (Å²) in [5, 5.41) is 21.5. The van der Waals surface area contributed by atoms with Gasteiger partial charge in [0.1, 0.15) is 11.5 Å². The van der Waals surface area contributed by atoms with E-state index < -0.39 is 35.5 Å². The molecule has 0 spiro atoms. The highest BCUT2D eigenvalue weighted by Gasteiger charge is 2.27. The van der Waals surface area contributed by atoms with Crippen molar-refractivity contribution in [2.45, 2.75) is 143 Å². The first-order valence-electron chi connectivity index (χ1n) is 19.0. The highest BCUT2D eigenvalue weighted by molar-refractivity contribution is 5.99. The summed E-state index contributed by atoms with van der Waals surface area (Å²) in [6, 6.07) is 10.1. The Morgan fingerprint density at radius 2 is 0.960 bits per heavy atom. The quantitative estimate of drug-likeness (QED) is 0.0512. The van der Waals surface area contributed by atoms with Gasteiger partial charge in [-0.25, -0.2) is 0 Å². The van der Waals surface area contributed by atoms with Crippen molar-refractivity contribution in [3.05, 3.63) is 58.7 Å². The summed E-state index contributed by atoms with van der Waals surface area (Å²) < 4.78 is 0. The highest BCUT2D eigenvalue weighted by atomic mass is 16.3. The second-order valence-corrected chi connectivity index (χ2v) is 13.4. The standard InChI is InChI=1S/C40H62N4O6/c1-5-9-12-14-17-21-30-24-19-26-33(35(30)45)39(49)43-41-37(47)29(8-4)28-32(23-16-11-7-3)38(48)42-44-40(50)34-27-20-25-31(36(34)46)22-18-15-13-10-6-2/h19-20,24-27,29,32,45-46H,5-18,21-23,28H2,1-4H3,(H,41,47)(H,42,48)(H,43,49)(H,44,50). The highest BCUT2D eigenvalue weighted by Crippen LogP contribution is 2.26. The first-order chi connectivity index (χ1) is 24.2. The van der Waals surface area contributed by atoms with Crippen molar-refractivity contribution in [2.24, 2.45) is 11.8 Å². The normalized spacial score (nSPS) is 12.2. The van der Waals surface area contributed by atoms with E-state index >= 15 is 0 Å². The van der Waals surface area contributed by atoms with Gasteiger partial charge >= 0.3 is 0 Å². The molecule has 2 aromatic rings. The van der Waals surface area contributed by atoms with Crippen molar-refractivity contribution in [2.75, 3.05) is 0 Å². The second-order valence-electron chi connectivity index (χ2n) is 13.4. The molecule has 0 saturated heterocycles. The SMILES string of the molecule is CCCCCCCc1cccc(C(=O)NNC(=O)C(CC)CC(CCCCC)C(=O)NNC(=O)c2cccc(CCCCCCC)c2O)c1O. The average Bonchev–Trinajstić information content (AvgIpc) is 3.11. The molecule has 0 heterocycles. The Morgan fingerprint density at radius 1 is 0.540 bits per heavy atom. The van der Waals surface area contributed by atoms with Gasteiger partial charge in [-0.2, -0.15) is 0 Å². The number of hydrazine groups is 2. The zero-order chi connectivity index (χ0) is 36.7. The van der Waals surface area contributed by atoms with E-state index in [1.165, 1.54) is 25.0 Å². The molecule has 0 bridgehead atoms. The van der Waals surface area contributed by atoms with Gasteiger partial charge < -0.3 is 10.2 Å². The van der Waals surface area contributed by atoms with Crippen molar-refractivity contribution in [1.29, 1.82) is 0 Å². The Balaban J connectivity index is 1.99. The van der Waals surface area contributed by atoms with Crippen molar-refractivity contribution in [3.8, 4) is 11.5 Å². The maximum absolute atomic E-state index is 13.4. The third-order valence-corrected chi connectivity index (χ3v) is 9.39. The number of rotatable bonds is 23. The lowest BCUT2D eigenvalue weighted by Crippen LogP contribution is -2.47. The molecule has 2 aromatic carbocycles. The van der Waals surface area contributed by atoms with Crippen LogP contribution in [0.5, 0.6) is 11.5 Å². The Hall–Kier alpha value is -4.08. The van der Waals surface area contributed by atoms with Crippen LogP contribution in [0.25, 0.3) is 0 Å². The first-order valence-corrected chi connectivity index (χ1v) is 19.0. The smallest absolute Gasteiger partial charge is 0.273 e. The molecule has 2 unspecified atom stereocenters. The number of amides is 4. The fourth-order valence-electron chi connectivity index (χ4n) is 6.17. The third kappa shape index (κ3) is 14.4. The number of phenolic OH excluding ortho intramolecular Hbond substituents is 2. The molecule has 278 valence electrons. The molecule has 0 aromatic heterocycles. The molecule has 0 saturated carbocycles. The van der Waals surface area contributed by atoms with Gasteiger partial charge in [0, 0.05) is 11.8 Å². The topological polar surface area (TPSA) is 157 Å². The van der Waals surface area contributed by atoms with E-state index in [0.29, 0.717) is 36.8 Å². The van der Waals surface area contributed by atoms with Gasteiger partial charge in [0.15, 0.2) is 0 Å². The largest absolute Gasteiger partial charge is 0.507 e. The van der Waals surface area contributed by atoms with Crippen molar-refractivity contribution in [3.63, 3.8) is 0 Å². The summed E-state index contributed by atoms with van der Waals surface area (Å²) in [5.74, 6) is -3.44. The molecule has 4 amide bonds. The first kappa shape index (κ1) is 42.1. The zero-order valence-corrected chi connectivity index (χ0v) is 30.9. The van der Waals surface area contributed by atoms with Crippen LogP contribution >= 0.6 is 0 Å². The summed E-state index contributed by atoms with van der Waals surface area (Å²) >= 11 is 0. The molecule has 50 heavy (non-hydrogen) atoms. The van der Waals surface area contributed by atoms with Crippen LogP contribution in [0, 0.1) is 11.8 Å².